The van der Waals surface area contributed by atoms with E-state index in [4.69, 9.17) is 5.11 Å². The number of carbonyl (C=O) groups is 1. The van der Waals surface area contributed by atoms with E-state index in [0.717, 1.165) is 26.2 Å². The minimum Gasteiger partial charge on any atom is -0.477 e. The number of nitrogens with one attached hydrogen (secondary N) is 1. The van der Waals surface area contributed by atoms with E-state index in [0.29, 0.717) is 0 Å². The number of carboxylic acids is 1. The first-order valence-corrected chi connectivity index (χ1v) is 3.59. The van der Waals surface area contributed by atoms with Crippen LogP contribution in [0.2, 0.25) is 0 Å². The van der Waals surface area contributed by atoms with Crippen LogP contribution in [0.5, 0.6) is 0 Å². The van der Waals surface area contributed by atoms with Crippen molar-refractivity contribution in [3.8, 4) is 0 Å². The second-order valence-corrected chi connectivity index (χ2v) is 2.49. The lowest BCUT2D eigenvalue weighted by Crippen LogP contribution is -2.44. The molecule has 0 atom stereocenters. The van der Waals surface area contributed by atoms with Crippen LogP contribution in [0, 0.1) is 0 Å². The molecule has 0 aromatic rings. The van der Waals surface area contributed by atoms with Crippen molar-refractivity contribution < 1.29 is 9.90 Å². The molecular formula is C7H12N2O2. The van der Waals surface area contributed by atoms with Gasteiger partial charge in [-0.05, 0) is 0 Å². The number of carboxylic acid groups (broad SMARTS) is 1. The van der Waals surface area contributed by atoms with E-state index in [2.05, 4.69) is 11.9 Å². The summed E-state index contributed by atoms with van der Waals surface area (Å²) in [5.74, 6) is -0.924. The molecular weight excluding hydrogens is 144 g/mol. The van der Waals surface area contributed by atoms with Crippen LogP contribution >= 0.6 is 0 Å². The first-order chi connectivity index (χ1) is 5.22. The predicted molar refractivity (Wildman–Crippen MR) is 41.2 cm³/mol. The van der Waals surface area contributed by atoms with E-state index in [1.807, 2.05) is 0 Å². The highest BCUT2D eigenvalue weighted by atomic mass is 16.4. The molecule has 1 heterocycles. The van der Waals surface area contributed by atoms with Gasteiger partial charge in [-0.2, -0.15) is 0 Å². The number of aliphatic carboxylic acids is 1. The van der Waals surface area contributed by atoms with Crippen LogP contribution in [0.4, 0.5) is 0 Å². The van der Waals surface area contributed by atoms with Crippen molar-refractivity contribution in [1.82, 2.24) is 10.2 Å². The minimum absolute atomic E-state index is 0.200. The molecule has 0 bridgehead atoms. The Morgan fingerprint density at radius 3 is 2.45 bits per heavy atom. The molecule has 1 aliphatic heterocycles. The maximum absolute atomic E-state index is 10.4. The van der Waals surface area contributed by atoms with Crippen molar-refractivity contribution in [2.24, 2.45) is 0 Å². The third-order valence-electron chi connectivity index (χ3n) is 1.75. The molecule has 4 nitrogen and oxygen atoms in total. The van der Waals surface area contributed by atoms with Gasteiger partial charge in [-0.25, -0.2) is 4.79 Å². The largest absolute Gasteiger partial charge is 0.477 e. The average Bonchev–Trinajstić information content (AvgIpc) is 2.05. The van der Waals surface area contributed by atoms with Crippen LogP contribution in [-0.4, -0.2) is 42.2 Å². The van der Waals surface area contributed by atoms with E-state index in [1.165, 1.54) is 0 Å². The van der Waals surface area contributed by atoms with Crippen molar-refractivity contribution >= 4 is 5.97 Å². The van der Waals surface area contributed by atoms with Gasteiger partial charge in [-0.1, -0.05) is 6.58 Å². The normalized spacial score (nSPS) is 18.0. The van der Waals surface area contributed by atoms with Gasteiger partial charge >= 0.3 is 5.97 Å². The molecule has 62 valence electrons. The first-order valence-electron chi connectivity index (χ1n) is 3.59. The van der Waals surface area contributed by atoms with Crippen LogP contribution in [0.25, 0.3) is 0 Å². The van der Waals surface area contributed by atoms with Gasteiger partial charge in [0.25, 0.3) is 0 Å². The average molecular weight is 156 g/mol. The third kappa shape index (κ3) is 1.94. The minimum atomic E-state index is -0.924. The summed E-state index contributed by atoms with van der Waals surface area (Å²) < 4.78 is 0. The summed E-state index contributed by atoms with van der Waals surface area (Å²) in [5, 5.41) is 11.7. The monoisotopic (exact) mass is 156 g/mol. The Hall–Kier alpha value is -1.03. The molecule has 0 radical (unpaired) electrons. The van der Waals surface area contributed by atoms with Crippen LogP contribution in [-0.2, 0) is 4.79 Å². The molecule has 0 unspecified atom stereocenters. The lowest BCUT2D eigenvalue weighted by atomic mass is 10.3. The highest BCUT2D eigenvalue weighted by Gasteiger charge is 2.15. The third-order valence-corrected chi connectivity index (χ3v) is 1.75. The van der Waals surface area contributed by atoms with Crippen molar-refractivity contribution in [3.05, 3.63) is 12.3 Å². The maximum atomic E-state index is 10.4. The standard InChI is InChI=1S/C7H12N2O2/c1-6(7(10)11)9-4-2-8-3-5-9/h8H,1-5H2,(H,10,11). The molecule has 1 saturated heterocycles. The second-order valence-electron chi connectivity index (χ2n) is 2.49. The zero-order valence-electron chi connectivity index (χ0n) is 6.34. The Labute approximate surface area is 65.5 Å². The number of hydrogen-bond acceptors (Lipinski definition) is 3. The summed E-state index contributed by atoms with van der Waals surface area (Å²) in [6.07, 6.45) is 0. The Morgan fingerprint density at radius 1 is 1.45 bits per heavy atom. The number of rotatable bonds is 2. The first kappa shape index (κ1) is 8.07. The topological polar surface area (TPSA) is 52.6 Å². The highest BCUT2D eigenvalue weighted by molar-refractivity contribution is 5.85. The Bertz CT molecular complexity index is 173. The van der Waals surface area contributed by atoms with E-state index < -0.39 is 5.97 Å². The molecule has 0 spiro atoms. The predicted octanol–water partition coefficient (Wildman–Crippen LogP) is -0.510. The van der Waals surface area contributed by atoms with E-state index in [9.17, 15) is 4.79 Å². The smallest absolute Gasteiger partial charge is 0.351 e. The van der Waals surface area contributed by atoms with E-state index in [-0.39, 0.29) is 5.70 Å². The quantitative estimate of drug-likeness (QED) is 0.529. The van der Waals surface area contributed by atoms with E-state index >= 15 is 0 Å². The number of hydrogen-bond donors (Lipinski definition) is 2. The van der Waals surface area contributed by atoms with Gasteiger partial charge in [0.05, 0.1) is 0 Å². The van der Waals surface area contributed by atoms with Crippen molar-refractivity contribution in [2.45, 2.75) is 0 Å². The van der Waals surface area contributed by atoms with Gasteiger partial charge in [-0.3, -0.25) is 0 Å². The maximum Gasteiger partial charge on any atom is 0.351 e. The fourth-order valence-corrected chi connectivity index (χ4v) is 1.07. The fraction of sp³-hybridized carbons (Fsp3) is 0.571. The highest BCUT2D eigenvalue weighted by Crippen LogP contribution is 2.02. The summed E-state index contributed by atoms with van der Waals surface area (Å²) in [4.78, 5) is 12.2. The molecule has 11 heavy (non-hydrogen) atoms. The Balaban J connectivity index is 2.45. The van der Waals surface area contributed by atoms with Crippen LogP contribution in [0.1, 0.15) is 0 Å². The van der Waals surface area contributed by atoms with Crippen molar-refractivity contribution in [3.63, 3.8) is 0 Å². The molecule has 2 N–H and O–H groups in total. The van der Waals surface area contributed by atoms with Gasteiger partial charge < -0.3 is 15.3 Å². The van der Waals surface area contributed by atoms with Gasteiger partial charge in [0.1, 0.15) is 5.70 Å². The molecule has 0 aliphatic carbocycles. The Morgan fingerprint density at radius 2 is 2.00 bits per heavy atom. The summed E-state index contributed by atoms with van der Waals surface area (Å²) >= 11 is 0. The molecule has 4 heteroatoms. The van der Waals surface area contributed by atoms with Crippen LogP contribution in [0.15, 0.2) is 12.3 Å². The zero-order valence-corrected chi connectivity index (χ0v) is 6.34. The molecule has 0 saturated carbocycles. The van der Waals surface area contributed by atoms with E-state index in [1.54, 1.807) is 4.90 Å². The summed E-state index contributed by atoms with van der Waals surface area (Å²) in [6, 6.07) is 0. The SMILES string of the molecule is C=C(C(=O)O)N1CCNCC1. The number of nitrogens with zero attached hydrogens (tertiary/aromatic N) is 1. The fourth-order valence-electron chi connectivity index (χ4n) is 1.07. The lowest BCUT2D eigenvalue weighted by Gasteiger charge is -2.28. The molecule has 0 aromatic carbocycles. The lowest BCUT2D eigenvalue weighted by molar-refractivity contribution is -0.134. The molecule has 1 aliphatic rings. The summed E-state index contributed by atoms with van der Waals surface area (Å²) in [5.41, 5.74) is 0.200. The molecule has 0 aromatic heterocycles. The van der Waals surface area contributed by atoms with Crippen LogP contribution < -0.4 is 5.32 Å². The molecule has 1 rings (SSSR count). The molecule has 0 amide bonds. The van der Waals surface area contributed by atoms with Gasteiger partial charge in [0.15, 0.2) is 0 Å². The summed E-state index contributed by atoms with van der Waals surface area (Å²) in [6.45, 7) is 6.64. The van der Waals surface area contributed by atoms with Gasteiger partial charge in [0.2, 0.25) is 0 Å². The second kappa shape index (κ2) is 3.39. The summed E-state index contributed by atoms with van der Waals surface area (Å²) in [7, 11) is 0. The Kier molecular flexibility index (Phi) is 2.48. The van der Waals surface area contributed by atoms with Crippen molar-refractivity contribution in [1.29, 1.82) is 0 Å². The van der Waals surface area contributed by atoms with Gasteiger partial charge in [0, 0.05) is 26.2 Å². The number of piperazine rings is 1. The van der Waals surface area contributed by atoms with Crippen LogP contribution in [0.3, 0.4) is 0 Å². The van der Waals surface area contributed by atoms with Crippen molar-refractivity contribution in [2.75, 3.05) is 26.2 Å². The molecule has 1 fully saturated rings. The van der Waals surface area contributed by atoms with Gasteiger partial charge in [-0.15, -0.1) is 0 Å². The zero-order chi connectivity index (χ0) is 8.27.